The molecule has 3 N–H and O–H groups in total. The number of hydrogen-bond acceptors (Lipinski definition) is 3. The minimum absolute atomic E-state index is 0.139. The molecule has 2 rings (SSSR count). The Hall–Kier alpha value is -2.73. The molecule has 0 spiro atoms. The molecule has 1 aromatic carbocycles. The highest BCUT2D eigenvalue weighted by Crippen LogP contribution is 2.27. The molecule has 1 aromatic heterocycles. The van der Waals surface area contributed by atoms with Crippen LogP contribution in [0.4, 0.5) is 13.8 Å². The number of hydrogen-bond donors (Lipinski definition) is 2. The van der Waals surface area contributed by atoms with Gasteiger partial charge in [-0.3, -0.25) is 4.79 Å². The van der Waals surface area contributed by atoms with E-state index in [1.165, 1.54) is 35.6 Å². The van der Waals surface area contributed by atoms with Crippen molar-refractivity contribution in [2.75, 3.05) is 5.32 Å². The zero-order valence-electron chi connectivity index (χ0n) is 12.8. The van der Waals surface area contributed by atoms with Crippen molar-refractivity contribution >= 4 is 27.8 Å². The second kappa shape index (κ2) is 8.21. The Kier molecular flexibility index (Phi) is 6.03. The van der Waals surface area contributed by atoms with Gasteiger partial charge in [0.2, 0.25) is 5.91 Å². The van der Waals surface area contributed by atoms with Crippen molar-refractivity contribution in [3.8, 4) is 0 Å². The maximum Gasteiger partial charge on any atom is 0.229 e. The smallest absolute Gasteiger partial charge is 0.229 e. The summed E-state index contributed by atoms with van der Waals surface area (Å²) in [6, 6.07) is 7.48. The van der Waals surface area contributed by atoms with E-state index < -0.39 is 5.95 Å². The lowest BCUT2D eigenvalue weighted by molar-refractivity contribution is -0.115. The largest absolute Gasteiger partial charge is 0.376 e. The number of carbonyl (C=O) groups excluding carboxylic acids is 1. The molecule has 1 heterocycles. The maximum absolute atomic E-state index is 12.9. The molecule has 0 radical (unpaired) electrons. The van der Waals surface area contributed by atoms with E-state index in [4.69, 9.17) is 5.73 Å². The summed E-state index contributed by atoms with van der Waals surface area (Å²) in [5, 5.41) is 5.17. The third kappa shape index (κ3) is 5.17. The minimum Gasteiger partial charge on any atom is -0.376 e. The first kappa shape index (κ1) is 17.6. The molecule has 0 bridgehead atoms. The van der Waals surface area contributed by atoms with Gasteiger partial charge in [0.1, 0.15) is 5.82 Å². The van der Waals surface area contributed by atoms with Gasteiger partial charge in [-0.25, -0.2) is 4.39 Å². The fourth-order valence-electron chi connectivity index (χ4n) is 2.03. The van der Waals surface area contributed by atoms with E-state index in [2.05, 4.69) is 11.9 Å². The summed E-state index contributed by atoms with van der Waals surface area (Å²) in [6.07, 6.45) is 4.48. The van der Waals surface area contributed by atoms with Gasteiger partial charge in [0.05, 0.1) is 11.4 Å². The van der Waals surface area contributed by atoms with E-state index in [9.17, 15) is 13.6 Å². The molecule has 0 saturated heterocycles. The Morgan fingerprint density at radius 1 is 1.33 bits per heavy atom. The molecule has 3 nitrogen and oxygen atoms in total. The number of allylic oxidation sites excluding steroid dienone is 4. The van der Waals surface area contributed by atoms with Gasteiger partial charge in [-0.1, -0.05) is 30.9 Å². The van der Waals surface area contributed by atoms with Crippen LogP contribution in [0.15, 0.2) is 66.5 Å². The van der Waals surface area contributed by atoms with Crippen LogP contribution in [0, 0.1) is 5.82 Å². The van der Waals surface area contributed by atoms with Gasteiger partial charge in [0.25, 0.3) is 0 Å². The summed E-state index contributed by atoms with van der Waals surface area (Å²) in [7, 11) is 0. The van der Waals surface area contributed by atoms with Gasteiger partial charge in [0, 0.05) is 5.38 Å². The molecule has 0 saturated carbocycles. The van der Waals surface area contributed by atoms with E-state index in [-0.39, 0.29) is 18.1 Å². The predicted octanol–water partition coefficient (Wildman–Crippen LogP) is 4.41. The van der Waals surface area contributed by atoms with Crippen LogP contribution >= 0.6 is 11.3 Å². The Labute approximate surface area is 142 Å². The van der Waals surface area contributed by atoms with Crippen LogP contribution < -0.4 is 11.1 Å². The normalized spacial score (nSPS) is 12.1. The van der Waals surface area contributed by atoms with E-state index in [0.717, 1.165) is 5.56 Å². The molecule has 0 aliphatic carbocycles. The van der Waals surface area contributed by atoms with E-state index in [0.29, 0.717) is 16.1 Å². The first-order valence-electron chi connectivity index (χ1n) is 7.06. The van der Waals surface area contributed by atoms with Crippen molar-refractivity contribution < 1.29 is 13.6 Å². The SMILES string of the molecule is C=C/C=C(\C=C(/N)F)c1csc(NC(=O)Cc2ccc(F)cc2)c1. The van der Waals surface area contributed by atoms with Crippen molar-refractivity contribution in [2.24, 2.45) is 5.73 Å². The number of nitrogens with one attached hydrogen (secondary N) is 1. The standard InChI is InChI=1S/C18H16F2N2OS/c1-2-3-13(9-16(20)21)14-10-18(24-11-14)22-17(23)8-12-4-6-15(19)7-5-12/h2-7,9-11H,1,8,21H2,(H,22,23)/b13-3+,16-9-. The predicted molar refractivity (Wildman–Crippen MR) is 94.6 cm³/mol. The summed E-state index contributed by atoms with van der Waals surface area (Å²) in [5.41, 5.74) is 7.06. The minimum atomic E-state index is -0.809. The summed E-state index contributed by atoms with van der Waals surface area (Å²) in [6.45, 7) is 3.58. The highest BCUT2D eigenvalue weighted by Gasteiger charge is 2.08. The number of carbonyl (C=O) groups is 1. The third-order valence-electron chi connectivity index (χ3n) is 3.06. The third-order valence-corrected chi connectivity index (χ3v) is 3.91. The lowest BCUT2D eigenvalue weighted by Crippen LogP contribution is -2.13. The average Bonchev–Trinajstić information content (AvgIpc) is 2.97. The lowest BCUT2D eigenvalue weighted by atomic mass is 10.1. The van der Waals surface area contributed by atoms with E-state index >= 15 is 0 Å². The molecule has 2 aromatic rings. The molecule has 24 heavy (non-hydrogen) atoms. The second-order valence-electron chi connectivity index (χ2n) is 4.94. The molecule has 6 heteroatoms. The van der Waals surface area contributed by atoms with Gasteiger partial charge >= 0.3 is 0 Å². The molecule has 0 unspecified atom stereocenters. The summed E-state index contributed by atoms with van der Waals surface area (Å²) in [5.74, 6) is -1.37. The number of nitrogens with two attached hydrogens (primary N) is 1. The van der Waals surface area contributed by atoms with Crippen molar-refractivity contribution in [3.63, 3.8) is 0 Å². The molecular formula is C18H16F2N2OS. The van der Waals surface area contributed by atoms with Crippen molar-refractivity contribution in [2.45, 2.75) is 6.42 Å². The first-order valence-corrected chi connectivity index (χ1v) is 7.94. The number of benzene rings is 1. The molecule has 0 aliphatic rings. The van der Waals surface area contributed by atoms with Crippen molar-refractivity contribution in [1.82, 2.24) is 0 Å². The average molecular weight is 346 g/mol. The Bertz CT molecular complexity index is 788. The molecule has 0 aliphatic heterocycles. The monoisotopic (exact) mass is 346 g/mol. The van der Waals surface area contributed by atoms with Gasteiger partial charge in [-0.05, 0) is 41.0 Å². The number of amides is 1. The number of anilines is 1. The number of rotatable bonds is 6. The Balaban J connectivity index is 2.06. The van der Waals surface area contributed by atoms with Crippen LogP contribution in [0.1, 0.15) is 11.1 Å². The number of thiophene rings is 1. The summed E-state index contributed by atoms with van der Waals surface area (Å²) < 4.78 is 25.8. The second-order valence-corrected chi connectivity index (χ2v) is 5.85. The molecule has 0 atom stereocenters. The quantitative estimate of drug-likeness (QED) is 0.601. The maximum atomic E-state index is 12.9. The van der Waals surface area contributed by atoms with E-state index in [1.54, 1.807) is 29.7 Å². The van der Waals surface area contributed by atoms with Crippen LogP contribution in [-0.4, -0.2) is 5.91 Å². The van der Waals surface area contributed by atoms with Crippen molar-refractivity contribution in [3.05, 3.63) is 83.4 Å². The van der Waals surface area contributed by atoms with Crippen LogP contribution in [0.25, 0.3) is 5.57 Å². The van der Waals surface area contributed by atoms with Crippen molar-refractivity contribution in [1.29, 1.82) is 0 Å². The van der Waals surface area contributed by atoms with Crippen LogP contribution in [-0.2, 0) is 11.2 Å². The molecule has 0 fully saturated rings. The van der Waals surface area contributed by atoms with Crippen LogP contribution in [0.5, 0.6) is 0 Å². The Morgan fingerprint density at radius 3 is 2.67 bits per heavy atom. The summed E-state index contributed by atoms with van der Waals surface area (Å²) in [4.78, 5) is 12.0. The fraction of sp³-hybridized carbons (Fsp3) is 0.0556. The Morgan fingerprint density at radius 2 is 2.04 bits per heavy atom. The van der Waals surface area contributed by atoms with Crippen LogP contribution in [0.2, 0.25) is 0 Å². The first-order chi connectivity index (χ1) is 11.5. The molecule has 1 amide bonds. The highest BCUT2D eigenvalue weighted by molar-refractivity contribution is 7.14. The van der Waals surface area contributed by atoms with Gasteiger partial charge in [0.15, 0.2) is 5.95 Å². The number of halogens is 2. The molecule has 124 valence electrons. The van der Waals surface area contributed by atoms with E-state index in [1.807, 2.05) is 0 Å². The zero-order chi connectivity index (χ0) is 17.5. The summed E-state index contributed by atoms with van der Waals surface area (Å²) >= 11 is 1.31. The van der Waals surface area contributed by atoms with Gasteiger partial charge in [-0.15, -0.1) is 11.3 Å². The van der Waals surface area contributed by atoms with Gasteiger partial charge in [-0.2, -0.15) is 4.39 Å². The fourth-order valence-corrected chi connectivity index (χ4v) is 2.85. The van der Waals surface area contributed by atoms with Crippen LogP contribution in [0.3, 0.4) is 0 Å². The topological polar surface area (TPSA) is 55.1 Å². The van der Waals surface area contributed by atoms with Gasteiger partial charge < -0.3 is 11.1 Å². The zero-order valence-corrected chi connectivity index (χ0v) is 13.6. The highest BCUT2D eigenvalue weighted by atomic mass is 32.1. The molecular weight excluding hydrogens is 330 g/mol. The lowest BCUT2D eigenvalue weighted by Gasteiger charge is -2.03.